The van der Waals surface area contributed by atoms with Crippen molar-refractivity contribution in [1.82, 2.24) is 9.97 Å². The van der Waals surface area contributed by atoms with Gasteiger partial charge in [0.15, 0.2) is 11.0 Å². The number of halogens is 2. The van der Waals surface area contributed by atoms with Crippen molar-refractivity contribution >= 4 is 40.6 Å². The maximum absolute atomic E-state index is 11.8. The molecular formula is C13H12Cl2N4O2. The summed E-state index contributed by atoms with van der Waals surface area (Å²) in [6.45, 7) is 0.200. The molecule has 0 atom stereocenters. The van der Waals surface area contributed by atoms with Crippen LogP contribution in [-0.4, -0.2) is 22.5 Å². The molecule has 2 rings (SSSR count). The maximum Gasteiger partial charge on any atom is 0.228 e. The van der Waals surface area contributed by atoms with Gasteiger partial charge in [-0.1, -0.05) is 29.3 Å². The van der Waals surface area contributed by atoms with Crippen molar-refractivity contribution in [2.75, 3.05) is 17.7 Å². The van der Waals surface area contributed by atoms with Gasteiger partial charge in [-0.05, 0) is 12.1 Å². The van der Waals surface area contributed by atoms with E-state index in [-0.39, 0.29) is 34.9 Å². The topological polar surface area (TPSA) is 90.1 Å². The van der Waals surface area contributed by atoms with Gasteiger partial charge in [0.1, 0.15) is 17.1 Å². The first-order valence-electron chi connectivity index (χ1n) is 6.00. The summed E-state index contributed by atoms with van der Waals surface area (Å²) < 4.78 is 5.42. The number of nitrogens with two attached hydrogens (primary N) is 1. The number of amides is 1. The molecule has 0 spiro atoms. The first kappa shape index (κ1) is 15.3. The molecule has 0 saturated heterocycles. The molecule has 0 aliphatic carbocycles. The van der Waals surface area contributed by atoms with Crippen LogP contribution in [0.25, 0.3) is 0 Å². The van der Waals surface area contributed by atoms with Crippen molar-refractivity contribution in [3.05, 3.63) is 40.8 Å². The van der Waals surface area contributed by atoms with Crippen molar-refractivity contribution in [3.63, 3.8) is 0 Å². The number of rotatable bonds is 5. The number of carbonyl (C=O) groups is 1. The highest BCUT2D eigenvalue weighted by Crippen LogP contribution is 2.25. The fourth-order valence-electron chi connectivity index (χ4n) is 1.50. The third-order valence-corrected chi connectivity index (χ3v) is 3.20. The Morgan fingerprint density at radius 3 is 2.90 bits per heavy atom. The van der Waals surface area contributed by atoms with Gasteiger partial charge in [-0.25, -0.2) is 9.97 Å². The minimum Gasteiger partial charge on any atom is -0.493 e. The van der Waals surface area contributed by atoms with Crippen LogP contribution in [-0.2, 0) is 4.79 Å². The van der Waals surface area contributed by atoms with E-state index in [0.29, 0.717) is 11.4 Å². The molecule has 0 radical (unpaired) electrons. The first-order chi connectivity index (χ1) is 10.1. The minimum atomic E-state index is -0.296. The number of hydrogen-bond donors (Lipinski definition) is 2. The molecule has 110 valence electrons. The molecule has 0 saturated carbocycles. The Hall–Kier alpha value is -2.05. The fourth-order valence-corrected chi connectivity index (χ4v) is 1.77. The second-order valence-corrected chi connectivity index (χ2v) is 4.78. The molecule has 1 amide bonds. The molecule has 21 heavy (non-hydrogen) atoms. The van der Waals surface area contributed by atoms with E-state index in [9.17, 15) is 4.79 Å². The molecule has 1 aromatic carbocycles. The number of aromatic nitrogens is 2. The van der Waals surface area contributed by atoms with E-state index in [1.54, 1.807) is 24.3 Å². The number of carbonyl (C=O) groups excluding carboxylic acids is 1. The molecular weight excluding hydrogens is 315 g/mol. The van der Waals surface area contributed by atoms with Gasteiger partial charge in [0.25, 0.3) is 0 Å². The lowest BCUT2D eigenvalue weighted by Crippen LogP contribution is -2.16. The lowest BCUT2D eigenvalue weighted by molar-refractivity contribution is -0.116. The smallest absolute Gasteiger partial charge is 0.228 e. The summed E-state index contributed by atoms with van der Waals surface area (Å²) in [6, 6.07) is 6.96. The molecule has 8 heteroatoms. The minimum absolute atomic E-state index is 0.0815. The summed E-state index contributed by atoms with van der Waals surface area (Å²) >= 11 is 11.6. The Balaban J connectivity index is 1.84. The number of anilines is 2. The van der Waals surface area contributed by atoms with Crippen LogP contribution in [0.15, 0.2) is 30.6 Å². The maximum atomic E-state index is 11.8. The van der Waals surface area contributed by atoms with Crippen LogP contribution in [0, 0.1) is 0 Å². The summed E-state index contributed by atoms with van der Waals surface area (Å²) in [5, 5.41) is 2.72. The largest absolute Gasteiger partial charge is 0.493 e. The Labute approximate surface area is 131 Å². The number of nitrogens with zero attached hydrogens (tertiary/aromatic N) is 2. The summed E-state index contributed by atoms with van der Waals surface area (Å²) in [7, 11) is 0. The van der Waals surface area contributed by atoms with Gasteiger partial charge < -0.3 is 15.8 Å². The van der Waals surface area contributed by atoms with Crippen LogP contribution in [0.3, 0.4) is 0 Å². The van der Waals surface area contributed by atoms with Crippen LogP contribution in [0.2, 0.25) is 10.2 Å². The zero-order chi connectivity index (χ0) is 15.2. The molecule has 0 bridgehead atoms. The van der Waals surface area contributed by atoms with Crippen molar-refractivity contribution in [2.24, 2.45) is 0 Å². The predicted molar refractivity (Wildman–Crippen MR) is 81.6 cm³/mol. The molecule has 0 aliphatic rings. The van der Waals surface area contributed by atoms with Crippen LogP contribution >= 0.6 is 23.2 Å². The molecule has 1 heterocycles. The highest BCUT2D eigenvalue weighted by molar-refractivity contribution is 6.42. The number of benzene rings is 1. The van der Waals surface area contributed by atoms with Crippen molar-refractivity contribution in [1.29, 1.82) is 0 Å². The predicted octanol–water partition coefficient (Wildman–Crippen LogP) is 2.77. The van der Waals surface area contributed by atoms with Crippen molar-refractivity contribution in [3.8, 4) is 5.75 Å². The van der Waals surface area contributed by atoms with Crippen LogP contribution in [0.5, 0.6) is 5.75 Å². The van der Waals surface area contributed by atoms with E-state index in [0.717, 1.165) is 0 Å². The van der Waals surface area contributed by atoms with Gasteiger partial charge >= 0.3 is 0 Å². The number of hydrogen-bond acceptors (Lipinski definition) is 5. The second kappa shape index (κ2) is 7.10. The average molecular weight is 327 g/mol. The Morgan fingerprint density at radius 1 is 1.33 bits per heavy atom. The molecule has 3 N–H and O–H groups in total. The highest BCUT2D eigenvalue weighted by atomic mass is 35.5. The van der Waals surface area contributed by atoms with E-state index >= 15 is 0 Å². The SMILES string of the molecule is Nc1cccc(OCCC(=O)Nc2ncnc(Cl)c2Cl)c1. The van der Waals surface area contributed by atoms with Crippen LogP contribution in [0.1, 0.15) is 6.42 Å². The Kier molecular flexibility index (Phi) is 5.19. The van der Waals surface area contributed by atoms with E-state index in [4.69, 9.17) is 33.7 Å². The zero-order valence-corrected chi connectivity index (χ0v) is 12.4. The van der Waals surface area contributed by atoms with Crippen molar-refractivity contribution < 1.29 is 9.53 Å². The highest BCUT2D eigenvalue weighted by Gasteiger charge is 2.10. The lowest BCUT2D eigenvalue weighted by atomic mass is 10.3. The summed E-state index contributed by atoms with van der Waals surface area (Å²) in [4.78, 5) is 19.3. The van der Waals surface area contributed by atoms with E-state index in [1.165, 1.54) is 6.33 Å². The van der Waals surface area contributed by atoms with Gasteiger partial charge in [-0.2, -0.15) is 0 Å². The summed E-state index contributed by atoms with van der Waals surface area (Å²) in [5.74, 6) is 0.479. The number of nitrogen functional groups attached to an aromatic ring is 1. The van der Waals surface area contributed by atoms with Gasteiger partial charge in [0, 0.05) is 11.8 Å². The monoisotopic (exact) mass is 326 g/mol. The molecule has 0 fully saturated rings. The van der Waals surface area contributed by atoms with Gasteiger partial charge in [-0.3, -0.25) is 4.79 Å². The first-order valence-corrected chi connectivity index (χ1v) is 6.76. The van der Waals surface area contributed by atoms with Gasteiger partial charge in [0.2, 0.25) is 5.91 Å². The lowest BCUT2D eigenvalue weighted by Gasteiger charge is -2.08. The zero-order valence-electron chi connectivity index (χ0n) is 10.8. The molecule has 0 unspecified atom stereocenters. The second-order valence-electron chi connectivity index (χ2n) is 4.05. The Morgan fingerprint density at radius 2 is 2.14 bits per heavy atom. The normalized spacial score (nSPS) is 10.2. The third kappa shape index (κ3) is 4.47. The number of nitrogens with one attached hydrogen (secondary N) is 1. The molecule has 6 nitrogen and oxygen atoms in total. The van der Waals surface area contributed by atoms with Gasteiger partial charge in [0.05, 0.1) is 13.0 Å². The summed E-state index contributed by atoms with van der Waals surface area (Å²) in [6.07, 6.45) is 1.35. The quantitative estimate of drug-likeness (QED) is 0.651. The average Bonchev–Trinajstić information content (AvgIpc) is 2.44. The molecule has 2 aromatic rings. The standard InChI is InChI=1S/C13H12Cl2N4O2/c14-11-12(15)17-7-18-13(11)19-10(20)4-5-21-9-3-1-2-8(16)6-9/h1-3,6-7H,4-5,16H2,(H,17,18,19,20). The number of ether oxygens (including phenoxy) is 1. The van der Waals surface area contributed by atoms with E-state index in [2.05, 4.69) is 15.3 Å². The van der Waals surface area contributed by atoms with E-state index in [1.807, 2.05) is 0 Å². The third-order valence-electron chi connectivity index (χ3n) is 2.46. The van der Waals surface area contributed by atoms with Crippen molar-refractivity contribution in [2.45, 2.75) is 6.42 Å². The van der Waals surface area contributed by atoms with Crippen LogP contribution < -0.4 is 15.8 Å². The fraction of sp³-hybridized carbons (Fsp3) is 0.154. The van der Waals surface area contributed by atoms with Gasteiger partial charge in [-0.15, -0.1) is 0 Å². The van der Waals surface area contributed by atoms with E-state index < -0.39 is 0 Å². The summed E-state index contributed by atoms with van der Waals surface area (Å²) in [5.41, 5.74) is 6.22. The van der Waals surface area contributed by atoms with Crippen LogP contribution in [0.4, 0.5) is 11.5 Å². The molecule has 0 aliphatic heterocycles. The molecule has 1 aromatic heterocycles. The Bertz CT molecular complexity index is 652.